The molecule has 122 valence electrons. The van der Waals surface area contributed by atoms with Gasteiger partial charge in [-0.25, -0.2) is 4.79 Å². The summed E-state index contributed by atoms with van der Waals surface area (Å²) in [5.74, 6) is -2.65. The number of carboxylic acid groups (broad SMARTS) is 1. The van der Waals surface area contributed by atoms with Gasteiger partial charge in [0, 0.05) is 4.88 Å². The molecule has 0 bridgehead atoms. The van der Waals surface area contributed by atoms with Crippen molar-refractivity contribution < 1.29 is 29.0 Å². The standard InChI is InChI=1S/C13H18N2O6S/c1-20-13(19)10(7-21-6-8-3-2-4-22-8)15-12(18)9(14)5-11(16)17/h2-4,9-10H,5-7,14H2,1H3,(H,15,18)(H,16,17)/t9-,10-/m0/s1. The second-order valence-electron chi connectivity index (χ2n) is 4.38. The topological polar surface area (TPSA) is 128 Å². The van der Waals surface area contributed by atoms with E-state index in [1.165, 1.54) is 18.4 Å². The van der Waals surface area contributed by atoms with Crippen molar-refractivity contribution in [3.63, 3.8) is 0 Å². The normalized spacial score (nSPS) is 13.2. The number of carboxylic acids is 1. The van der Waals surface area contributed by atoms with E-state index in [4.69, 9.17) is 15.6 Å². The number of hydrogen-bond acceptors (Lipinski definition) is 7. The van der Waals surface area contributed by atoms with Crippen LogP contribution in [0.1, 0.15) is 11.3 Å². The fourth-order valence-electron chi connectivity index (χ4n) is 1.54. The number of nitrogens with two attached hydrogens (primary N) is 1. The third-order valence-electron chi connectivity index (χ3n) is 2.64. The summed E-state index contributed by atoms with van der Waals surface area (Å²) in [6.45, 7) is 0.193. The highest BCUT2D eigenvalue weighted by molar-refractivity contribution is 7.09. The van der Waals surface area contributed by atoms with Crippen molar-refractivity contribution in [2.24, 2.45) is 5.73 Å². The highest BCUT2D eigenvalue weighted by atomic mass is 32.1. The Bertz CT molecular complexity index is 505. The van der Waals surface area contributed by atoms with Gasteiger partial charge in [-0.2, -0.15) is 0 Å². The first-order chi connectivity index (χ1) is 10.4. The molecule has 0 saturated carbocycles. The van der Waals surface area contributed by atoms with E-state index in [0.29, 0.717) is 6.61 Å². The van der Waals surface area contributed by atoms with E-state index in [2.05, 4.69) is 10.1 Å². The monoisotopic (exact) mass is 330 g/mol. The summed E-state index contributed by atoms with van der Waals surface area (Å²) in [7, 11) is 1.18. The summed E-state index contributed by atoms with van der Waals surface area (Å²) in [5, 5.41) is 12.8. The van der Waals surface area contributed by atoms with Gasteiger partial charge in [0.25, 0.3) is 0 Å². The molecule has 2 atom stereocenters. The Morgan fingerprint density at radius 3 is 2.73 bits per heavy atom. The summed E-state index contributed by atoms with van der Waals surface area (Å²) in [6, 6.07) is 1.45. The van der Waals surface area contributed by atoms with Crippen LogP contribution in [-0.2, 0) is 30.5 Å². The van der Waals surface area contributed by atoms with Crippen LogP contribution < -0.4 is 11.1 Å². The van der Waals surface area contributed by atoms with Crippen LogP contribution in [0.4, 0.5) is 0 Å². The SMILES string of the molecule is COC(=O)[C@H](COCc1cccs1)NC(=O)[C@@H](N)CC(=O)O. The van der Waals surface area contributed by atoms with Crippen LogP contribution in [0, 0.1) is 0 Å². The van der Waals surface area contributed by atoms with Crippen molar-refractivity contribution in [3.05, 3.63) is 22.4 Å². The molecule has 1 rings (SSSR count). The Morgan fingerprint density at radius 2 is 2.18 bits per heavy atom. The van der Waals surface area contributed by atoms with Crippen LogP contribution in [-0.4, -0.2) is 48.8 Å². The largest absolute Gasteiger partial charge is 0.481 e. The Balaban J connectivity index is 2.51. The molecule has 9 heteroatoms. The molecule has 0 unspecified atom stereocenters. The Labute approximate surface area is 131 Å². The molecule has 0 aliphatic rings. The maximum atomic E-state index is 11.7. The number of esters is 1. The highest BCUT2D eigenvalue weighted by Gasteiger charge is 2.25. The lowest BCUT2D eigenvalue weighted by atomic mass is 10.2. The number of aliphatic carboxylic acids is 1. The molecule has 1 aromatic heterocycles. The van der Waals surface area contributed by atoms with E-state index in [1.54, 1.807) is 0 Å². The summed E-state index contributed by atoms with van der Waals surface area (Å²) < 4.78 is 9.94. The Morgan fingerprint density at radius 1 is 1.45 bits per heavy atom. The van der Waals surface area contributed by atoms with Crippen LogP contribution in [0.2, 0.25) is 0 Å². The van der Waals surface area contributed by atoms with Gasteiger partial charge < -0.3 is 25.6 Å². The first-order valence-corrected chi connectivity index (χ1v) is 7.27. The first-order valence-electron chi connectivity index (χ1n) is 6.39. The molecule has 1 heterocycles. The number of ether oxygens (including phenoxy) is 2. The molecule has 0 aromatic carbocycles. The lowest BCUT2D eigenvalue weighted by Crippen LogP contribution is -2.51. The summed E-state index contributed by atoms with van der Waals surface area (Å²) in [6.07, 6.45) is -0.532. The van der Waals surface area contributed by atoms with Gasteiger partial charge in [0.2, 0.25) is 5.91 Å². The van der Waals surface area contributed by atoms with E-state index in [0.717, 1.165) is 4.88 Å². The van der Waals surface area contributed by atoms with Crippen molar-refractivity contribution in [1.29, 1.82) is 0 Å². The van der Waals surface area contributed by atoms with E-state index < -0.39 is 36.4 Å². The molecule has 1 amide bonds. The fourth-order valence-corrected chi connectivity index (χ4v) is 2.18. The van der Waals surface area contributed by atoms with Crippen molar-refractivity contribution in [1.82, 2.24) is 5.32 Å². The fraction of sp³-hybridized carbons (Fsp3) is 0.462. The van der Waals surface area contributed by atoms with Gasteiger partial charge in [0.1, 0.15) is 0 Å². The maximum absolute atomic E-state index is 11.7. The van der Waals surface area contributed by atoms with Gasteiger partial charge in [0.05, 0.1) is 32.8 Å². The molecule has 0 saturated heterocycles. The lowest BCUT2D eigenvalue weighted by Gasteiger charge is -2.18. The molecule has 0 fully saturated rings. The summed E-state index contributed by atoms with van der Waals surface area (Å²) >= 11 is 1.50. The number of carbonyl (C=O) groups is 3. The zero-order valence-corrected chi connectivity index (χ0v) is 12.8. The molecule has 0 radical (unpaired) electrons. The minimum Gasteiger partial charge on any atom is -0.481 e. The van der Waals surface area contributed by atoms with Crippen molar-refractivity contribution >= 4 is 29.2 Å². The number of nitrogens with one attached hydrogen (secondary N) is 1. The van der Waals surface area contributed by atoms with E-state index in [-0.39, 0.29) is 6.61 Å². The van der Waals surface area contributed by atoms with Crippen molar-refractivity contribution in [2.75, 3.05) is 13.7 Å². The number of rotatable bonds is 9. The van der Waals surface area contributed by atoms with E-state index >= 15 is 0 Å². The number of methoxy groups -OCH3 is 1. The predicted octanol–water partition coefficient (Wildman–Crippen LogP) is -0.275. The quantitative estimate of drug-likeness (QED) is 0.531. The van der Waals surface area contributed by atoms with E-state index in [1.807, 2.05) is 17.5 Å². The summed E-state index contributed by atoms with van der Waals surface area (Å²) in [4.78, 5) is 34.8. The van der Waals surface area contributed by atoms with Crippen LogP contribution >= 0.6 is 11.3 Å². The molecule has 1 aromatic rings. The third-order valence-corrected chi connectivity index (χ3v) is 3.49. The maximum Gasteiger partial charge on any atom is 0.330 e. The van der Waals surface area contributed by atoms with Gasteiger partial charge in [-0.3, -0.25) is 9.59 Å². The minimum absolute atomic E-state index is 0.101. The molecule has 0 aliphatic heterocycles. The zero-order valence-electron chi connectivity index (χ0n) is 12.0. The van der Waals surface area contributed by atoms with Crippen LogP contribution in [0.25, 0.3) is 0 Å². The number of hydrogen-bond donors (Lipinski definition) is 3. The second kappa shape index (κ2) is 9.13. The predicted molar refractivity (Wildman–Crippen MR) is 78.1 cm³/mol. The molecule has 0 aliphatic carbocycles. The smallest absolute Gasteiger partial charge is 0.330 e. The number of carbonyl (C=O) groups excluding carboxylic acids is 2. The average Bonchev–Trinajstić information content (AvgIpc) is 2.97. The zero-order chi connectivity index (χ0) is 16.5. The lowest BCUT2D eigenvalue weighted by molar-refractivity contribution is -0.147. The van der Waals surface area contributed by atoms with Gasteiger partial charge in [-0.05, 0) is 11.4 Å². The van der Waals surface area contributed by atoms with Gasteiger partial charge in [-0.1, -0.05) is 6.07 Å². The van der Waals surface area contributed by atoms with Crippen molar-refractivity contribution in [2.45, 2.75) is 25.1 Å². The molecule has 22 heavy (non-hydrogen) atoms. The van der Waals surface area contributed by atoms with Gasteiger partial charge in [-0.15, -0.1) is 11.3 Å². The number of amides is 1. The van der Waals surface area contributed by atoms with Gasteiger partial charge >= 0.3 is 11.9 Å². The van der Waals surface area contributed by atoms with Crippen LogP contribution in [0.3, 0.4) is 0 Å². The van der Waals surface area contributed by atoms with E-state index in [9.17, 15) is 14.4 Å². The third kappa shape index (κ3) is 6.20. The minimum atomic E-state index is -1.25. The Kier molecular flexibility index (Phi) is 7.50. The molecular weight excluding hydrogens is 312 g/mol. The van der Waals surface area contributed by atoms with Crippen LogP contribution in [0.5, 0.6) is 0 Å². The Hall–Kier alpha value is -1.97. The number of thiophene rings is 1. The first kappa shape index (κ1) is 18.1. The summed E-state index contributed by atoms with van der Waals surface area (Å²) in [5.41, 5.74) is 5.43. The molecule has 4 N–H and O–H groups in total. The average molecular weight is 330 g/mol. The molecule has 0 spiro atoms. The van der Waals surface area contributed by atoms with Crippen molar-refractivity contribution in [3.8, 4) is 0 Å². The van der Waals surface area contributed by atoms with Gasteiger partial charge in [0.15, 0.2) is 6.04 Å². The molecular formula is C13H18N2O6S. The second-order valence-corrected chi connectivity index (χ2v) is 5.42. The highest BCUT2D eigenvalue weighted by Crippen LogP contribution is 2.09. The molecule has 8 nitrogen and oxygen atoms in total. The van der Waals surface area contributed by atoms with Crippen LogP contribution in [0.15, 0.2) is 17.5 Å².